The van der Waals surface area contributed by atoms with Gasteiger partial charge in [-0.15, -0.1) is 0 Å². The predicted molar refractivity (Wildman–Crippen MR) is 85.4 cm³/mol. The van der Waals surface area contributed by atoms with Crippen LogP contribution in [0, 0.1) is 18.8 Å². The molecule has 3 N–H and O–H groups in total. The third-order valence-electron chi connectivity index (χ3n) is 4.81. The highest BCUT2D eigenvalue weighted by Gasteiger charge is 2.41. The van der Waals surface area contributed by atoms with Crippen molar-refractivity contribution in [1.82, 2.24) is 4.90 Å². The molecule has 3 unspecified atom stereocenters. The molecule has 21 heavy (non-hydrogen) atoms. The lowest BCUT2D eigenvalue weighted by atomic mass is 9.98. The molecule has 2 aliphatic rings. The second kappa shape index (κ2) is 5.95. The fraction of sp³-hybridized carbons (Fsp3) is 0.562. The Balaban J connectivity index is 1.54. The second-order valence-electron chi connectivity index (χ2n) is 6.37. The van der Waals surface area contributed by atoms with E-state index in [4.69, 9.17) is 17.3 Å². The van der Waals surface area contributed by atoms with E-state index in [1.165, 1.54) is 6.42 Å². The number of fused-ring (bicyclic) bond motifs is 1. The molecule has 2 fully saturated rings. The lowest BCUT2D eigenvalue weighted by molar-refractivity contribution is -0.117. The average molecular weight is 308 g/mol. The van der Waals surface area contributed by atoms with Crippen molar-refractivity contribution in [1.29, 1.82) is 0 Å². The molecule has 0 spiro atoms. The monoisotopic (exact) mass is 307 g/mol. The zero-order chi connectivity index (χ0) is 15.0. The summed E-state index contributed by atoms with van der Waals surface area (Å²) in [6, 6.07) is 5.91. The molecule has 3 rings (SSSR count). The maximum Gasteiger partial charge on any atom is 0.238 e. The van der Waals surface area contributed by atoms with Gasteiger partial charge in [0, 0.05) is 29.8 Å². The van der Waals surface area contributed by atoms with Crippen LogP contribution in [0.1, 0.15) is 18.4 Å². The van der Waals surface area contributed by atoms with E-state index in [0.29, 0.717) is 29.4 Å². The summed E-state index contributed by atoms with van der Waals surface area (Å²) in [5.41, 5.74) is 7.89. The van der Waals surface area contributed by atoms with Gasteiger partial charge in [-0.1, -0.05) is 17.7 Å². The number of carbonyl (C=O) groups is 1. The highest BCUT2D eigenvalue weighted by molar-refractivity contribution is 6.31. The Kier molecular flexibility index (Phi) is 4.20. The highest BCUT2D eigenvalue weighted by atomic mass is 35.5. The molecule has 1 saturated heterocycles. The minimum atomic E-state index is 0.0171. The highest BCUT2D eigenvalue weighted by Crippen LogP contribution is 2.36. The van der Waals surface area contributed by atoms with Crippen molar-refractivity contribution >= 4 is 23.2 Å². The molecule has 1 amide bonds. The zero-order valence-corrected chi connectivity index (χ0v) is 13.1. The molecule has 5 heteroatoms. The largest absolute Gasteiger partial charge is 0.327 e. The van der Waals surface area contributed by atoms with E-state index < -0.39 is 0 Å². The molecule has 3 atom stereocenters. The number of aryl methyl sites for hydroxylation is 1. The van der Waals surface area contributed by atoms with Crippen LogP contribution >= 0.6 is 11.6 Å². The van der Waals surface area contributed by atoms with E-state index in [2.05, 4.69) is 10.2 Å². The number of benzene rings is 1. The normalized spacial score (nSPS) is 28.6. The lowest BCUT2D eigenvalue weighted by Crippen LogP contribution is -2.34. The Labute approximate surface area is 130 Å². The van der Waals surface area contributed by atoms with Crippen LogP contribution in [-0.2, 0) is 4.79 Å². The Morgan fingerprint density at radius 2 is 2.24 bits per heavy atom. The Hall–Kier alpha value is -1.10. The number of nitrogens with one attached hydrogen (secondary N) is 1. The molecule has 0 radical (unpaired) electrons. The summed E-state index contributed by atoms with van der Waals surface area (Å²) in [5, 5.41) is 3.59. The first kappa shape index (κ1) is 14.8. The molecule has 1 aromatic rings. The standard InChI is InChI=1S/C16H22ClN3O/c1-10-2-4-12(6-14(10)17)19-16(21)9-20-7-11-3-5-15(18)13(11)8-20/h2,4,6,11,13,15H,3,5,7-9,18H2,1H3,(H,19,21). The zero-order valence-electron chi connectivity index (χ0n) is 12.3. The van der Waals surface area contributed by atoms with E-state index in [1.807, 2.05) is 19.1 Å². The predicted octanol–water partition coefficient (Wildman–Crippen LogP) is 2.26. The van der Waals surface area contributed by atoms with Crippen LogP contribution in [0.15, 0.2) is 18.2 Å². The SMILES string of the molecule is Cc1ccc(NC(=O)CN2CC3CCC(N)C3C2)cc1Cl. The molecular weight excluding hydrogens is 286 g/mol. The number of carbonyl (C=O) groups excluding carboxylic acids is 1. The molecule has 1 aliphatic heterocycles. The van der Waals surface area contributed by atoms with Gasteiger partial charge in [0.2, 0.25) is 5.91 Å². The first-order valence-corrected chi connectivity index (χ1v) is 7.94. The van der Waals surface area contributed by atoms with Gasteiger partial charge in [-0.25, -0.2) is 0 Å². The van der Waals surface area contributed by atoms with Crippen LogP contribution in [0.2, 0.25) is 5.02 Å². The number of hydrogen-bond donors (Lipinski definition) is 2. The third-order valence-corrected chi connectivity index (χ3v) is 5.22. The van der Waals surface area contributed by atoms with Crippen molar-refractivity contribution in [3.05, 3.63) is 28.8 Å². The van der Waals surface area contributed by atoms with E-state index in [-0.39, 0.29) is 5.91 Å². The fourth-order valence-corrected chi connectivity index (χ4v) is 3.78. The number of nitrogens with zero attached hydrogens (tertiary/aromatic N) is 1. The molecule has 0 bridgehead atoms. The minimum absolute atomic E-state index is 0.0171. The summed E-state index contributed by atoms with van der Waals surface area (Å²) in [5.74, 6) is 1.27. The van der Waals surface area contributed by atoms with E-state index in [9.17, 15) is 4.79 Å². The van der Waals surface area contributed by atoms with Crippen LogP contribution in [-0.4, -0.2) is 36.5 Å². The van der Waals surface area contributed by atoms with Crippen LogP contribution in [0.3, 0.4) is 0 Å². The number of nitrogens with two attached hydrogens (primary N) is 1. The summed E-state index contributed by atoms with van der Waals surface area (Å²) in [4.78, 5) is 14.4. The summed E-state index contributed by atoms with van der Waals surface area (Å²) in [6.07, 6.45) is 2.34. The van der Waals surface area contributed by atoms with Gasteiger partial charge in [-0.3, -0.25) is 9.69 Å². The second-order valence-corrected chi connectivity index (χ2v) is 6.78. The van der Waals surface area contributed by atoms with Crippen molar-refractivity contribution in [2.24, 2.45) is 17.6 Å². The van der Waals surface area contributed by atoms with Crippen molar-refractivity contribution in [3.8, 4) is 0 Å². The quantitative estimate of drug-likeness (QED) is 0.900. The van der Waals surface area contributed by atoms with Crippen LogP contribution in [0.5, 0.6) is 0 Å². The van der Waals surface area contributed by atoms with Crippen molar-refractivity contribution in [3.63, 3.8) is 0 Å². The first-order valence-electron chi connectivity index (χ1n) is 7.57. The number of anilines is 1. The molecular formula is C16H22ClN3O. The lowest BCUT2D eigenvalue weighted by Gasteiger charge is -2.18. The average Bonchev–Trinajstić information content (AvgIpc) is 2.96. The van der Waals surface area contributed by atoms with Crippen LogP contribution in [0.25, 0.3) is 0 Å². The van der Waals surface area contributed by atoms with Crippen molar-refractivity contribution in [2.75, 3.05) is 25.0 Å². The van der Waals surface area contributed by atoms with Gasteiger partial charge in [0.05, 0.1) is 6.54 Å². The van der Waals surface area contributed by atoms with Crippen molar-refractivity contribution < 1.29 is 4.79 Å². The first-order chi connectivity index (χ1) is 10.0. The number of rotatable bonds is 3. The van der Waals surface area contributed by atoms with E-state index in [1.54, 1.807) is 6.07 Å². The van der Waals surface area contributed by atoms with Gasteiger partial charge in [0.15, 0.2) is 0 Å². The molecule has 1 heterocycles. The topological polar surface area (TPSA) is 58.4 Å². The van der Waals surface area contributed by atoms with Gasteiger partial charge < -0.3 is 11.1 Å². The molecule has 1 saturated carbocycles. The summed E-state index contributed by atoms with van der Waals surface area (Å²) in [6.45, 7) is 4.33. The Morgan fingerprint density at radius 1 is 1.43 bits per heavy atom. The molecule has 1 aromatic carbocycles. The molecule has 114 valence electrons. The summed E-state index contributed by atoms with van der Waals surface area (Å²) in [7, 11) is 0. The Morgan fingerprint density at radius 3 is 2.95 bits per heavy atom. The maximum absolute atomic E-state index is 12.1. The smallest absolute Gasteiger partial charge is 0.238 e. The Bertz CT molecular complexity index is 548. The van der Waals surface area contributed by atoms with Gasteiger partial charge in [-0.2, -0.15) is 0 Å². The fourth-order valence-electron chi connectivity index (χ4n) is 3.60. The number of likely N-dealkylation sites (tertiary alicyclic amines) is 1. The van der Waals surface area contributed by atoms with E-state index in [0.717, 1.165) is 30.8 Å². The number of amides is 1. The van der Waals surface area contributed by atoms with E-state index >= 15 is 0 Å². The van der Waals surface area contributed by atoms with Gasteiger partial charge in [0.25, 0.3) is 0 Å². The maximum atomic E-state index is 12.1. The van der Waals surface area contributed by atoms with Crippen LogP contribution in [0.4, 0.5) is 5.69 Å². The molecule has 4 nitrogen and oxygen atoms in total. The molecule has 1 aliphatic carbocycles. The van der Waals surface area contributed by atoms with Gasteiger partial charge in [-0.05, 0) is 49.3 Å². The third kappa shape index (κ3) is 3.23. The number of hydrogen-bond acceptors (Lipinski definition) is 3. The summed E-state index contributed by atoms with van der Waals surface area (Å²) < 4.78 is 0. The molecule has 0 aromatic heterocycles. The summed E-state index contributed by atoms with van der Waals surface area (Å²) >= 11 is 6.07. The van der Waals surface area contributed by atoms with Crippen molar-refractivity contribution in [2.45, 2.75) is 25.8 Å². The van der Waals surface area contributed by atoms with Crippen LogP contribution < -0.4 is 11.1 Å². The minimum Gasteiger partial charge on any atom is -0.327 e. The number of halogens is 1. The van der Waals surface area contributed by atoms with Gasteiger partial charge in [0.1, 0.15) is 0 Å². The van der Waals surface area contributed by atoms with Gasteiger partial charge >= 0.3 is 0 Å².